The number of piperidine rings is 1. The molecule has 3 rings (SSSR count). The quantitative estimate of drug-likeness (QED) is 0.551. The third-order valence-corrected chi connectivity index (χ3v) is 8.41. The Kier molecular flexibility index (Phi) is 7.65. The molecule has 0 saturated carbocycles. The molecule has 0 atom stereocenters. The minimum Gasteiger partial charge on any atom is -0.490 e. The van der Waals surface area contributed by atoms with Crippen LogP contribution in [0.5, 0.6) is 5.75 Å². The molecule has 1 aliphatic rings. The van der Waals surface area contributed by atoms with Crippen molar-refractivity contribution in [3.05, 3.63) is 54.1 Å². The normalized spacial score (nSPS) is 16.2. The Bertz CT molecular complexity index is 1180. The molecule has 0 aliphatic carbocycles. The van der Waals surface area contributed by atoms with Crippen molar-refractivity contribution < 1.29 is 30.4 Å². The van der Waals surface area contributed by atoms with Crippen LogP contribution in [0.1, 0.15) is 26.7 Å². The first-order valence-corrected chi connectivity index (χ1v) is 13.9. The molecule has 0 unspecified atom stereocenters. The van der Waals surface area contributed by atoms with Crippen molar-refractivity contribution in [1.29, 1.82) is 0 Å². The Hall–Kier alpha value is -2.24. The van der Waals surface area contributed by atoms with Crippen LogP contribution in [0, 0.1) is 17.6 Å². The molecule has 0 spiro atoms. The van der Waals surface area contributed by atoms with E-state index in [4.69, 9.17) is 4.74 Å². The number of ether oxygens (including phenoxy) is 1. The highest BCUT2D eigenvalue weighted by Crippen LogP contribution is 2.30. The number of hydrogen-bond donors (Lipinski definition) is 0. The van der Waals surface area contributed by atoms with Crippen molar-refractivity contribution in [3.8, 4) is 5.75 Å². The summed E-state index contributed by atoms with van der Waals surface area (Å²) in [4.78, 5) is -0.0777. The fourth-order valence-corrected chi connectivity index (χ4v) is 6.14. The zero-order valence-corrected chi connectivity index (χ0v) is 20.4. The maximum absolute atomic E-state index is 14.4. The number of anilines is 1. The Labute approximate surface area is 194 Å². The minimum absolute atomic E-state index is 0.0279. The van der Waals surface area contributed by atoms with Crippen molar-refractivity contribution in [2.45, 2.75) is 37.7 Å². The number of sulfonamides is 2. The molecule has 2 aromatic rings. The molecule has 11 heteroatoms. The second-order valence-corrected chi connectivity index (χ2v) is 12.3. The number of halogens is 2. The lowest BCUT2D eigenvalue weighted by Crippen LogP contribution is -2.41. The van der Waals surface area contributed by atoms with Crippen LogP contribution in [0.2, 0.25) is 0 Å². The predicted octanol–water partition coefficient (Wildman–Crippen LogP) is 3.62. The summed E-state index contributed by atoms with van der Waals surface area (Å²) in [6, 6.07) is 9.17. The lowest BCUT2D eigenvalue weighted by molar-refractivity contribution is 0.135. The van der Waals surface area contributed by atoms with Gasteiger partial charge in [0.25, 0.3) is 10.0 Å². The van der Waals surface area contributed by atoms with Crippen LogP contribution in [-0.2, 0) is 20.0 Å². The summed E-state index contributed by atoms with van der Waals surface area (Å²) in [6.45, 7) is 4.26. The molecule has 0 amide bonds. The lowest BCUT2D eigenvalue weighted by atomic mass is 10.1. The van der Waals surface area contributed by atoms with E-state index in [9.17, 15) is 25.6 Å². The average Bonchev–Trinajstić information content (AvgIpc) is 2.74. The van der Waals surface area contributed by atoms with Gasteiger partial charge in [0.1, 0.15) is 11.9 Å². The summed E-state index contributed by atoms with van der Waals surface area (Å²) in [7, 11) is -7.40. The zero-order valence-electron chi connectivity index (χ0n) is 18.7. The van der Waals surface area contributed by atoms with Gasteiger partial charge in [0.05, 0.1) is 16.8 Å². The van der Waals surface area contributed by atoms with Crippen LogP contribution in [0.4, 0.5) is 14.5 Å². The van der Waals surface area contributed by atoms with Crippen molar-refractivity contribution in [2.75, 3.05) is 30.2 Å². The van der Waals surface area contributed by atoms with E-state index in [2.05, 4.69) is 0 Å². The molecule has 0 aromatic heterocycles. The Morgan fingerprint density at radius 3 is 2.18 bits per heavy atom. The first-order chi connectivity index (χ1) is 15.4. The maximum atomic E-state index is 14.4. The molecule has 0 radical (unpaired) electrons. The van der Waals surface area contributed by atoms with Gasteiger partial charge >= 0.3 is 0 Å². The fraction of sp³-hybridized carbons (Fsp3) is 0.455. The van der Waals surface area contributed by atoms with Gasteiger partial charge in [-0.2, -0.15) is 0 Å². The van der Waals surface area contributed by atoms with E-state index in [0.29, 0.717) is 31.7 Å². The van der Waals surface area contributed by atoms with Crippen molar-refractivity contribution in [2.24, 2.45) is 5.92 Å². The van der Waals surface area contributed by atoms with E-state index < -0.39 is 31.7 Å². The predicted molar refractivity (Wildman–Crippen MR) is 122 cm³/mol. The van der Waals surface area contributed by atoms with E-state index in [-0.39, 0.29) is 29.1 Å². The van der Waals surface area contributed by atoms with Crippen LogP contribution in [0.25, 0.3) is 0 Å². The molecular formula is C22H28F2N2O5S2. The number of nitrogens with zero attached hydrogens (tertiary/aromatic N) is 2. The Balaban J connectivity index is 1.78. The van der Waals surface area contributed by atoms with Gasteiger partial charge in [-0.25, -0.2) is 29.9 Å². The van der Waals surface area contributed by atoms with Gasteiger partial charge in [-0.15, -0.1) is 0 Å². The van der Waals surface area contributed by atoms with Gasteiger partial charge in [0.2, 0.25) is 10.0 Å². The molecule has 2 aromatic carbocycles. The summed E-state index contributed by atoms with van der Waals surface area (Å²) >= 11 is 0. The minimum atomic E-state index is -4.16. The smallest absolute Gasteiger partial charge is 0.264 e. The molecule has 0 bridgehead atoms. The second kappa shape index (κ2) is 9.94. The first-order valence-electron chi connectivity index (χ1n) is 10.6. The maximum Gasteiger partial charge on any atom is 0.264 e. The molecule has 1 aliphatic heterocycles. The monoisotopic (exact) mass is 502 g/mol. The van der Waals surface area contributed by atoms with Crippen molar-refractivity contribution >= 4 is 25.7 Å². The molecular weight excluding hydrogens is 474 g/mol. The van der Waals surface area contributed by atoms with E-state index in [1.54, 1.807) is 13.8 Å². The van der Waals surface area contributed by atoms with E-state index in [1.807, 2.05) is 0 Å². The SMILES string of the molecule is CC(C)CN(c1cccc(F)c1F)S(=O)(=O)c1ccc(OC2CCN(S(C)(=O)=O)CC2)cc1. The molecule has 1 heterocycles. The molecule has 33 heavy (non-hydrogen) atoms. The average molecular weight is 503 g/mol. The molecule has 1 fully saturated rings. The van der Waals surface area contributed by atoms with Crippen LogP contribution < -0.4 is 9.04 Å². The molecule has 7 nitrogen and oxygen atoms in total. The van der Waals surface area contributed by atoms with Gasteiger partial charge in [0, 0.05) is 19.6 Å². The molecule has 1 saturated heterocycles. The summed E-state index contributed by atoms with van der Waals surface area (Å²) < 4.78 is 86.2. The van der Waals surface area contributed by atoms with E-state index in [0.717, 1.165) is 10.4 Å². The Morgan fingerprint density at radius 2 is 1.64 bits per heavy atom. The van der Waals surface area contributed by atoms with Gasteiger partial charge in [-0.3, -0.25) is 4.31 Å². The second-order valence-electron chi connectivity index (χ2n) is 8.45. The third kappa shape index (κ3) is 6.01. The number of hydrogen-bond acceptors (Lipinski definition) is 5. The van der Waals surface area contributed by atoms with Crippen LogP contribution in [-0.4, -0.2) is 53.1 Å². The van der Waals surface area contributed by atoms with E-state index >= 15 is 0 Å². The highest BCUT2D eigenvalue weighted by atomic mass is 32.2. The van der Waals surface area contributed by atoms with Gasteiger partial charge < -0.3 is 4.74 Å². The first kappa shape index (κ1) is 25.4. The Morgan fingerprint density at radius 1 is 1.03 bits per heavy atom. The summed E-state index contributed by atoms with van der Waals surface area (Å²) in [5.74, 6) is -2.04. The van der Waals surface area contributed by atoms with Gasteiger partial charge in [-0.1, -0.05) is 19.9 Å². The van der Waals surface area contributed by atoms with Crippen LogP contribution in [0.15, 0.2) is 47.4 Å². The largest absolute Gasteiger partial charge is 0.490 e. The van der Waals surface area contributed by atoms with Crippen molar-refractivity contribution in [1.82, 2.24) is 4.31 Å². The van der Waals surface area contributed by atoms with Gasteiger partial charge in [-0.05, 0) is 55.2 Å². The zero-order chi connectivity index (χ0) is 24.4. The van der Waals surface area contributed by atoms with Crippen LogP contribution >= 0.6 is 0 Å². The molecule has 182 valence electrons. The number of benzene rings is 2. The summed E-state index contributed by atoms with van der Waals surface area (Å²) in [6.07, 6.45) is 2.03. The topological polar surface area (TPSA) is 84.0 Å². The highest BCUT2D eigenvalue weighted by Gasteiger charge is 2.29. The van der Waals surface area contributed by atoms with Crippen LogP contribution in [0.3, 0.4) is 0 Å². The summed E-state index contributed by atoms with van der Waals surface area (Å²) in [5.41, 5.74) is -0.346. The van der Waals surface area contributed by atoms with Gasteiger partial charge in [0.15, 0.2) is 11.6 Å². The van der Waals surface area contributed by atoms with Crippen molar-refractivity contribution in [3.63, 3.8) is 0 Å². The highest BCUT2D eigenvalue weighted by molar-refractivity contribution is 7.92. The third-order valence-electron chi connectivity index (χ3n) is 5.32. The molecule has 0 N–H and O–H groups in total. The summed E-state index contributed by atoms with van der Waals surface area (Å²) in [5, 5.41) is 0. The standard InChI is InChI=1S/C22H28F2N2O5S2/c1-16(2)15-26(21-6-4-5-20(23)22(21)24)33(29,30)19-9-7-17(8-10-19)31-18-11-13-25(14-12-18)32(3,27)28/h4-10,16,18H,11-15H2,1-3H3. The fourth-order valence-electron chi connectivity index (χ4n) is 3.63. The lowest BCUT2D eigenvalue weighted by Gasteiger charge is -2.30. The number of rotatable bonds is 8. The van der Waals surface area contributed by atoms with E-state index in [1.165, 1.54) is 47.0 Å².